The fraction of sp³-hybridized carbons (Fsp3) is 0.350. The molecule has 2 heterocycles. The van der Waals surface area contributed by atoms with Crippen molar-refractivity contribution in [3.05, 3.63) is 52.4 Å². The number of rotatable bonds is 6. The van der Waals surface area contributed by atoms with E-state index in [4.69, 9.17) is 0 Å². The van der Waals surface area contributed by atoms with Crippen LogP contribution in [0.4, 0.5) is 0 Å². The first-order chi connectivity index (χ1) is 12.5. The van der Waals surface area contributed by atoms with E-state index in [0.29, 0.717) is 6.04 Å². The van der Waals surface area contributed by atoms with Crippen molar-refractivity contribution in [3.63, 3.8) is 0 Å². The number of nitrogens with zero attached hydrogens (tertiary/aromatic N) is 3. The van der Waals surface area contributed by atoms with Gasteiger partial charge in [-0.05, 0) is 56.7 Å². The topological polar surface area (TPSA) is 47.8 Å². The normalized spacial score (nSPS) is 15.2. The van der Waals surface area contributed by atoms with Crippen molar-refractivity contribution < 1.29 is 4.79 Å². The molecule has 2 aromatic heterocycles. The second kappa shape index (κ2) is 7.00. The number of thioether (sulfide) groups is 1. The molecule has 0 amide bonds. The van der Waals surface area contributed by atoms with Crippen LogP contribution in [-0.4, -0.2) is 25.8 Å². The van der Waals surface area contributed by atoms with Crippen LogP contribution in [0.15, 0.2) is 40.9 Å². The third-order valence-electron chi connectivity index (χ3n) is 4.63. The molecule has 0 N–H and O–H groups in total. The van der Waals surface area contributed by atoms with Gasteiger partial charge in [0.05, 0.1) is 10.1 Å². The maximum Gasteiger partial charge on any atom is 0.192 e. The third-order valence-corrected chi connectivity index (χ3v) is 6.55. The van der Waals surface area contributed by atoms with Crippen LogP contribution in [0.25, 0.3) is 10.7 Å². The van der Waals surface area contributed by atoms with Crippen LogP contribution < -0.4 is 0 Å². The fourth-order valence-corrected chi connectivity index (χ4v) is 4.72. The van der Waals surface area contributed by atoms with E-state index in [9.17, 15) is 4.79 Å². The van der Waals surface area contributed by atoms with Crippen molar-refractivity contribution in [2.75, 3.05) is 0 Å². The molecule has 26 heavy (non-hydrogen) atoms. The Balaban J connectivity index is 1.61. The van der Waals surface area contributed by atoms with Crippen LogP contribution in [0.2, 0.25) is 0 Å². The Morgan fingerprint density at radius 2 is 2.08 bits per heavy atom. The largest absolute Gasteiger partial charge is 0.298 e. The molecule has 0 unspecified atom stereocenters. The number of benzene rings is 1. The number of aryl methyl sites for hydroxylation is 2. The number of hydrogen-bond donors (Lipinski definition) is 0. The average molecular weight is 384 g/mol. The molecule has 6 heteroatoms. The molecule has 4 rings (SSSR count). The van der Waals surface area contributed by atoms with Crippen LogP contribution >= 0.6 is 23.1 Å². The summed E-state index contributed by atoms with van der Waals surface area (Å²) in [6.07, 6.45) is 2.31. The quantitative estimate of drug-likeness (QED) is 0.427. The fourth-order valence-electron chi connectivity index (χ4n) is 3.03. The highest BCUT2D eigenvalue weighted by molar-refractivity contribution is 8.00. The summed E-state index contributed by atoms with van der Waals surface area (Å²) >= 11 is 3.19. The molecule has 1 saturated carbocycles. The zero-order chi connectivity index (χ0) is 18.3. The van der Waals surface area contributed by atoms with Crippen molar-refractivity contribution in [3.8, 4) is 10.7 Å². The van der Waals surface area contributed by atoms with Crippen LogP contribution in [0.5, 0.6) is 0 Å². The lowest BCUT2D eigenvalue weighted by atomic mass is 10.0. The minimum atomic E-state index is -0.201. The molecule has 0 bridgehead atoms. The summed E-state index contributed by atoms with van der Waals surface area (Å²) in [6.45, 7) is 5.97. The molecule has 1 aliphatic rings. The molecular formula is C20H21N3OS2. The Morgan fingerprint density at radius 3 is 2.77 bits per heavy atom. The number of thiophene rings is 1. The highest BCUT2D eigenvalue weighted by atomic mass is 32.2. The van der Waals surface area contributed by atoms with Crippen molar-refractivity contribution >= 4 is 28.9 Å². The molecule has 1 aliphatic carbocycles. The summed E-state index contributed by atoms with van der Waals surface area (Å²) in [5, 5.41) is 11.6. The zero-order valence-electron chi connectivity index (χ0n) is 15.1. The second-order valence-corrected chi connectivity index (χ2v) is 9.08. The van der Waals surface area contributed by atoms with Crippen LogP contribution in [0.1, 0.15) is 47.3 Å². The van der Waals surface area contributed by atoms with Gasteiger partial charge in [0.1, 0.15) is 0 Å². The Morgan fingerprint density at radius 1 is 1.27 bits per heavy atom. The van der Waals surface area contributed by atoms with Crippen LogP contribution in [0, 0.1) is 13.8 Å². The van der Waals surface area contributed by atoms with Crippen molar-refractivity contribution in [2.24, 2.45) is 0 Å². The molecule has 134 valence electrons. The van der Waals surface area contributed by atoms with Gasteiger partial charge in [-0.3, -0.25) is 9.36 Å². The smallest absolute Gasteiger partial charge is 0.192 e. The molecule has 1 atom stereocenters. The van der Waals surface area contributed by atoms with Gasteiger partial charge in [-0.2, -0.15) is 0 Å². The number of carbonyl (C=O) groups excluding carboxylic acids is 1. The van der Waals surface area contributed by atoms with Crippen LogP contribution in [0.3, 0.4) is 0 Å². The monoisotopic (exact) mass is 383 g/mol. The average Bonchev–Trinajstić information content (AvgIpc) is 3.15. The lowest BCUT2D eigenvalue weighted by Gasteiger charge is -2.13. The lowest BCUT2D eigenvalue weighted by molar-refractivity contribution is 0.0993. The molecule has 1 fully saturated rings. The van der Waals surface area contributed by atoms with E-state index in [-0.39, 0.29) is 11.0 Å². The summed E-state index contributed by atoms with van der Waals surface area (Å²) in [5.74, 6) is 1.08. The minimum absolute atomic E-state index is 0.152. The highest BCUT2D eigenvalue weighted by Crippen LogP contribution is 2.42. The Bertz CT molecular complexity index is 942. The molecular weight excluding hydrogens is 362 g/mol. The van der Waals surface area contributed by atoms with Gasteiger partial charge in [0.25, 0.3) is 0 Å². The van der Waals surface area contributed by atoms with Gasteiger partial charge >= 0.3 is 0 Å². The maximum atomic E-state index is 13.0. The van der Waals surface area contributed by atoms with Gasteiger partial charge in [0, 0.05) is 11.6 Å². The summed E-state index contributed by atoms with van der Waals surface area (Å²) in [6, 6.07) is 10.6. The molecule has 0 aliphatic heterocycles. The number of aromatic nitrogens is 3. The Labute approximate surface area is 161 Å². The van der Waals surface area contributed by atoms with E-state index in [2.05, 4.69) is 26.2 Å². The molecule has 0 spiro atoms. The van der Waals surface area contributed by atoms with Gasteiger partial charge in [-0.15, -0.1) is 21.5 Å². The molecule has 1 aromatic carbocycles. The molecule has 4 nitrogen and oxygen atoms in total. The summed E-state index contributed by atoms with van der Waals surface area (Å²) in [4.78, 5) is 14.1. The van der Waals surface area contributed by atoms with Gasteiger partial charge in [-0.1, -0.05) is 35.5 Å². The predicted molar refractivity (Wildman–Crippen MR) is 107 cm³/mol. The first-order valence-corrected chi connectivity index (χ1v) is 10.6. The number of hydrogen-bond acceptors (Lipinski definition) is 5. The predicted octanol–water partition coefficient (Wildman–Crippen LogP) is 5.32. The van der Waals surface area contributed by atoms with E-state index in [1.165, 1.54) is 11.8 Å². The van der Waals surface area contributed by atoms with E-state index >= 15 is 0 Å². The maximum absolute atomic E-state index is 13.0. The Hall–Kier alpha value is -1.92. The molecule has 0 saturated heterocycles. The van der Waals surface area contributed by atoms with Crippen molar-refractivity contribution in [1.82, 2.24) is 14.8 Å². The SMILES string of the molecule is Cc1ccc(C)c(C(=O)[C@H](C)Sc2nnc(-c3cccs3)n2C2CC2)c1. The standard InChI is InChI=1S/C20H21N3OS2/c1-12-6-7-13(2)16(11-12)18(24)14(3)26-20-22-21-19(17-5-4-10-25-17)23(20)15-8-9-15/h4-7,10-11,14-15H,8-9H2,1-3H3/t14-/m0/s1. The number of carbonyl (C=O) groups is 1. The molecule has 3 aromatic rings. The number of Topliss-reactive ketones (excluding diaryl/α,β-unsaturated/α-hetero) is 1. The second-order valence-electron chi connectivity index (χ2n) is 6.83. The first kappa shape index (κ1) is 17.5. The van der Waals surface area contributed by atoms with E-state index in [1.54, 1.807) is 11.3 Å². The van der Waals surface area contributed by atoms with Gasteiger partial charge in [-0.25, -0.2) is 0 Å². The lowest BCUT2D eigenvalue weighted by Crippen LogP contribution is -2.16. The van der Waals surface area contributed by atoms with Crippen LogP contribution in [-0.2, 0) is 0 Å². The van der Waals surface area contributed by atoms with Gasteiger partial charge < -0.3 is 0 Å². The highest BCUT2D eigenvalue weighted by Gasteiger charge is 2.32. The van der Waals surface area contributed by atoms with Gasteiger partial charge in [0.15, 0.2) is 16.8 Å². The van der Waals surface area contributed by atoms with Gasteiger partial charge in [0.2, 0.25) is 0 Å². The minimum Gasteiger partial charge on any atom is -0.298 e. The first-order valence-electron chi connectivity index (χ1n) is 8.81. The Kier molecular flexibility index (Phi) is 4.71. The zero-order valence-corrected chi connectivity index (χ0v) is 16.7. The summed E-state index contributed by atoms with van der Waals surface area (Å²) in [5.41, 5.74) is 2.94. The number of ketones is 1. The van der Waals surface area contributed by atoms with E-state index in [1.807, 2.05) is 45.0 Å². The molecule has 0 radical (unpaired) electrons. The van der Waals surface area contributed by atoms with Crippen molar-refractivity contribution in [1.29, 1.82) is 0 Å². The third kappa shape index (κ3) is 3.35. The van der Waals surface area contributed by atoms with Crippen molar-refractivity contribution in [2.45, 2.75) is 50.1 Å². The summed E-state index contributed by atoms with van der Waals surface area (Å²) < 4.78 is 2.23. The van der Waals surface area contributed by atoms with E-state index < -0.39 is 0 Å². The summed E-state index contributed by atoms with van der Waals surface area (Å²) in [7, 11) is 0. The van der Waals surface area contributed by atoms with E-state index in [0.717, 1.165) is 45.4 Å².